The highest BCUT2D eigenvalue weighted by atomic mass is 79.9. The molecule has 0 saturated carbocycles. The third-order valence-corrected chi connectivity index (χ3v) is 5.34. The third kappa shape index (κ3) is 7.38. The van der Waals surface area contributed by atoms with Crippen LogP contribution >= 0.6 is 28.1 Å². The molecule has 0 unspecified atom stereocenters. The summed E-state index contributed by atoms with van der Waals surface area (Å²) >= 11 is 8.66. The first kappa shape index (κ1) is 25.4. The Hall–Kier alpha value is -3.27. The standard InChI is InChI=1S/C25H24BrN3O4S/c1-16-4-3-5-17(14-16)23(30)27-19-7-9-20(10-8-19)28-25(34)29-24(31)21-15-18(26)6-11-22(21)33-13-12-32-2/h3-11,14-15H,12-13H2,1-2H3,(H,27,30)(H2,28,29,31,34). The van der Waals surface area contributed by atoms with Gasteiger partial charge in [-0.15, -0.1) is 0 Å². The van der Waals surface area contributed by atoms with Crippen molar-refractivity contribution in [2.75, 3.05) is 31.0 Å². The number of aryl methyl sites for hydroxylation is 1. The number of anilines is 2. The molecule has 3 rings (SSSR count). The van der Waals surface area contributed by atoms with E-state index in [1.165, 1.54) is 0 Å². The van der Waals surface area contributed by atoms with E-state index < -0.39 is 5.91 Å². The van der Waals surface area contributed by atoms with Crippen LogP contribution in [0.25, 0.3) is 0 Å². The number of nitrogens with one attached hydrogen (secondary N) is 3. The first-order chi connectivity index (χ1) is 16.4. The summed E-state index contributed by atoms with van der Waals surface area (Å²) in [7, 11) is 1.58. The average Bonchev–Trinajstić information content (AvgIpc) is 2.81. The molecule has 0 bridgehead atoms. The minimum absolute atomic E-state index is 0.129. The number of halogens is 1. The van der Waals surface area contributed by atoms with E-state index in [4.69, 9.17) is 21.7 Å². The molecular weight excluding hydrogens is 518 g/mol. The molecule has 0 aliphatic carbocycles. The minimum Gasteiger partial charge on any atom is -0.490 e. The maximum Gasteiger partial charge on any atom is 0.261 e. The Morgan fingerprint density at radius 1 is 0.912 bits per heavy atom. The van der Waals surface area contributed by atoms with Gasteiger partial charge in [-0.3, -0.25) is 14.9 Å². The molecule has 0 aliphatic rings. The lowest BCUT2D eigenvalue weighted by Gasteiger charge is -2.14. The lowest BCUT2D eigenvalue weighted by Crippen LogP contribution is -2.34. The number of hydrogen-bond donors (Lipinski definition) is 3. The van der Waals surface area contributed by atoms with E-state index in [1.807, 2.05) is 25.1 Å². The Balaban J connectivity index is 1.58. The minimum atomic E-state index is -0.409. The summed E-state index contributed by atoms with van der Waals surface area (Å²) in [6.07, 6.45) is 0. The van der Waals surface area contributed by atoms with Gasteiger partial charge in [0.15, 0.2) is 5.11 Å². The van der Waals surface area contributed by atoms with Crippen molar-refractivity contribution < 1.29 is 19.1 Å². The molecule has 3 aromatic carbocycles. The summed E-state index contributed by atoms with van der Waals surface area (Å²) < 4.78 is 11.4. The maximum atomic E-state index is 12.8. The van der Waals surface area contributed by atoms with Crippen molar-refractivity contribution in [2.45, 2.75) is 6.92 Å². The first-order valence-corrected chi connectivity index (χ1v) is 11.6. The highest BCUT2D eigenvalue weighted by Gasteiger charge is 2.15. The van der Waals surface area contributed by atoms with Crippen LogP contribution < -0.4 is 20.7 Å². The van der Waals surface area contributed by atoms with Crippen molar-refractivity contribution in [3.63, 3.8) is 0 Å². The van der Waals surface area contributed by atoms with Crippen LogP contribution in [0.1, 0.15) is 26.3 Å². The van der Waals surface area contributed by atoms with Gasteiger partial charge in [0.25, 0.3) is 11.8 Å². The van der Waals surface area contributed by atoms with Crippen LogP contribution in [0.3, 0.4) is 0 Å². The zero-order valence-corrected chi connectivity index (χ0v) is 21.1. The largest absolute Gasteiger partial charge is 0.490 e. The van der Waals surface area contributed by atoms with Crippen molar-refractivity contribution in [1.29, 1.82) is 0 Å². The zero-order chi connectivity index (χ0) is 24.5. The van der Waals surface area contributed by atoms with Crippen molar-refractivity contribution in [3.8, 4) is 5.75 Å². The average molecular weight is 542 g/mol. The fourth-order valence-electron chi connectivity index (χ4n) is 3.00. The summed E-state index contributed by atoms with van der Waals surface area (Å²) in [6.45, 7) is 2.65. The Kier molecular flexibility index (Phi) is 9.15. The second kappa shape index (κ2) is 12.3. The lowest BCUT2D eigenvalue weighted by atomic mass is 10.1. The number of hydrogen-bond acceptors (Lipinski definition) is 5. The number of rotatable bonds is 8. The SMILES string of the molecule is COCCOc1ccc(Br)cc1C(=O)NC(=S)Nc1ccc(NC(=O)c2cccc(C)c2)cc1. The van der Waals surface area contributed by atoms with Crippen LogP contribution in [0.15, 0.2) is 71.2 Å². The Morgan fingerprint density at radius 2 is 1.62 bits per heavy atom. The summed E-state index contributed by atoms with van der Waals surface area (Å²) in [6, 6.07) is 19.5. The van der Waals surface area contributed by atoms with Gasteiger partial charge in [-0.2, -0.15) is 0 Å². The van der Waals surface area contributed by atoms with Crippen molar-refractivity contribution in [1.82, 2.24) is 5.32 Å². The number of thiocarbonyl (C=S) groups is 1. The van der Waals surface area contributed by atoms with E-state index >= 15 is 0 Å². The van der Waals surface area contributed by atoms with Crippen molar-refractivity contribution in [2.24, 2.45) is 0 Å². The second-order valence-corrected chi connectivity index (χ2v) is 8.61. The molecule has 0 fully saturated rings. The molecule has 0 aliphatic heterocycles. The molecule has 176 valence electrons. The molecule has 3 aromatic rings. The number of benzene rings is 3. The van der Waals surface area contributed by atoms with Gasteiger partial charge in [-0.05, 0) is 73.7 Å². The van der Waals surface area contributed by atoms with Crippen LogP contribution in [0.4, 0.5) is 11.4 Å². The molecule has 0 heterocycles. The van der Waals surface area contributed by atoms with E-state index in [0.717, 1.165) is 10.0 Å². The van der Waals surface area contributed by atoms with E-state index in [-0.39, 0.29) is 11.0 Å². The lowest BCUT2D eigenvalue weighted by molar-refractivity contribution is 0.0968. The van der Waals surface area contributed by atoms with Gasteiger partial charge in [-0.25, -0.2) is 0 Å². The van der Waals surface area contributed by atoms with E-state index in [1.54, 1.807) is 55.6 Å². The van der Waals surface area contributed by atoms with Crippen molar-refractivity contribution in [3.05, 3.63) is 87.9 Å². The van der Waals surface area contributed by atoms with E-state index in [9.17, 15) is 9.59 Å². The normalized spacial score (nSPS) is 10.3. The van der Waals surface area contributed by atoms with E-state index in [2.05, 4.69) is 31.9 Å². The summed E-state index contributed by atoms with van der Waals surface area (Å²) in [4.78, 5) is 25.2. The number of methoxy groups -OCH3 is 1. The predicted octanol–water partition coefficient (Wildman–Crippen LogP) is 5.16. The van der Waals surface area contributed by atoms with Gasteiger partial charge in [0.1, 0.15) is 12.4 Å². The third-order valence-electron chi connectivity index (χ3n) is 4.64. The second-order valence-electron chi connectivity index (χ2n) is 7.29. The first-order valence-electron chi connectivity index (χ1n) is 10.4. The van der Waals surface area contributed by atoms with Gasteiger partial charge >= 0.3 is 0 Å². The van der Waals surface area contributed by atoms with Gasteiger partial charge in [-0.1, -0.05) is 33.6 Å². The van der Waals surface area contributed by atoms with Crippen LogP contribution in [0.2, 0.25) is 0 Å². The Bertz CT molecular complexity index is 1190. The zero-order valence-electron chi connectivity index (χ0n) is 18.7. The molecule has 0 aromatic heterocycles. The van der Waals surface area contributed by atoms with Gasteiger partial charge < -0.3 is 20.1 Å². The fourth-order valence-corrected chi connectivity index (χ4v) is 3.57. The molecular formula is C25H24BrN3O4S. The monoisotopic (exact) mass is 541 g/mol. The number of amides is 2. The topological polar surface area (TPSA) is 88.7 Å². The smallest absolute Gasteiger partial charge is 0.261 e. The van der Waals surface area contributed by atoms with Gasteiger partial charge in [0, 0.05) is 28.5 Å². The summed E-state index contributed by atoms with van der Waals surface area (Å²) in [5, 5.41) is 8.60. The fraction of sp³-hybridized carbons (Fsp3) is 0.160. The van der Waals surface area contributed by atoms with Gasteiger partial charge in [0.05, 0.1) is 12.2 Å². The number of ether oxygens (including phenoxy) is 2. The molecule has 9 heteroatoms. The molecule has 2 amide bonds. The highest BCUT2D eigenvalue weighted by molar-refractivity contribution is 9.10. The van der Waals surface area contributed by atoms with Crippen LogP contribution in [0.5, 0.6) is 5.75 Å². The Labute approximate surface area is 212 Å². The number of carbonyl (C=O) groups excluding carboxylic acids is 2. The number of carbonyl (C=O) groups is 2. The van der Waals surface area contributed by atoms with Crippen molar-refractivity contribution >= 4 is 56.4 Å². The molecule has 3 N–H and O–H groups in total. The maximum absolute atomic E-state index is 12.8. The van der Waals surface area contributed by atoms with Crippen LogP contribution in [0, 0.1) is 6.92 Å². The summed E-state index contributed by atoms with van der Waals surface area (Å²) in [5.41, 5.74) is 3.23. The molecule has 7 nitrogen and oxygen atoms in total. The van der Waals surface area contributed by atoms with Gasteiger partial charge in [0.2, 0.25) is 0 Å². The Morgan fingerprint density at radius 3 is 2.29 bits per heavy atom. The quantitative estimate of drug-likeness (QED) is 0.269. The molecule has 34 heavy (non-hydrogen) atoms. The van der Waals surface area contributed by atoms with Crippen LogP contribution in [-0.4, -0.2) is 37.3 Å². The molecule has 0 spiro atoms. The van der Waals surface area contributed by atoms with Crippen LogP contribution in [-0.2, 0) is 4.74 Å². The summed E-state index contributed by atoms with van der Waals surface area (Å²) in [5.74, 6) is -0.174. The molecule has 0 atom stereocenters. The highest BCUT2D eigenvalue weighted by Crippen LogP contribution is 2.23. The van der Waals surface area contributed by atoms with E-state index in [0.29, 0.717) is 41.5 Å². The molecule has 0 radical (unpaired) electrons. The molecule has 0 saturated heterocycles. The predicted molar refractivity (Wildman–Crippen MR) is 141 cm³/mol.